The van der Waals surface area contributed by atoms with E-state index in [0.29, 0.717) is 5.41 Å². The van der Waals surface area contributed by atoms with Gasteiger partial charge in [0.1, 0.15) is 0 Å². The zero-order valence-electron chi connectivity index (χ0n) is 24.3. The third-order valence-corrected chi connectivity index (χ3v) is 8.50. The van der Waals surface area contributed by atoms with Gasteiger partial charge in [0.25, 0.3) is 0 Å². The van der Waals surface area contributed by atoms with Crippen LogP contribution in [-0.2, 0) is 0 Å². The molecule has 0 aliphatic carbocycles. The van der Waals surface area contributed by atoms with Crippen LogP contribution >= 0.6 is 26.2 Å². The second-order valence-corrected chi connectivity index (χ2v) is 11.9. The Balaban J connectivity index is 0. The minimum absolute atomic E-state index is 0. The standard InChI is InChI=1S/C32H67P.BrH/c1-4-7-10-22-27-32(28-23-11-8-5-2,29-24-12-9-6-3)30-25-20-18-16-14-13-15-17-19-21-26-31-33;/h4-31,33H2,1-3H3;1H. The molecule has 0 fully saturated rings. The zero-order chi connectivity index (χ0) is 24.3. The Morgan fingerprint density at radius 2 is 0.588 bits per heavy atom. The third-order valence-electron chi connectivity index (χ3n) is 8.09. The SMILES string of the molecule is Br.CCCCCCC(CCCCCC)(CCCCCC)CCCCCCCCCCCCCP. The van der Waals surface area contributed by atoms with Crippen molar-refractivity contribution in [2.75, 3.05) is 6.16 Å². The number of hydrogen-bond acceptors (Lipinski definition) is 0. The van der Waals surface area contributed by atoms with Gasteiger partial charge >= 0.3 is 0 Å². The van der Waals surface area contributed by atoms with Gasteiger partial charge < -0.3 is 0 Å². The Kier molecular flexibility index (Phi) is 32.9. The van der Waals surface area contributed by atoms with E-state index in [1.807, 2.05) is 0 Å². The average Bonchev–Trinajstić information content (AvgIpc) is 2.83. The highest BCUT2D eigenvalue weighted by Crippen LogP contribution is 2.42. The Labute approximate surface area is 231 Å². The van der Waals surface area contributed by atoms with Crippen LogP contribution in [0.5, 0.6) is 0 Å². The van der Waals surface area contributed by atoms with Crippen molar-refractivity contribution in [1.82, 2.24) is 0 Å². The summed E-state index contributed by atoms with van der Waals surface area (Å²) in [5, 5.41) is 0. The minimum atomic E-state index is 0. The molecule has 0 heterocycles. The van der Waals surface area contributed by atoms with Gasteiger partial charge in [-0.05, 0) is 43.7 Å². The van der Waals surface area contributed by atoms with Gasteiger partial charge in [-0.2, -0.15) is 0 Å². The summed E-state index contributed by atoms with van der Waals surface area (Å²) in [6, 6.07) is 0. The summed E-state index contributed by atoms with van der Waals surface area (Å²) in [7, 11) is 2.86. The molecule has 0 N–H and O–H groups in total. The molecule has 0 nitrogen and oxygen atoms in total. The predicted octanol–water partition coefficient (Wildman–Crippen LogP) is 13.0. The molecule has 0 radical (unpaired) electrons. The number of hydrogen-bond donors (Lipinski definition) is 0. The van der Waals surface area contributed by atoms with Crippen molar-refractivity contribution in [2.45, 2.75) is 194 Å². The molecular weight excluding hydrogens is 495 g/mol. The molecule has 0 aliphatic heterocycles. The summed E-state index contributed by atoms with van der Waals surface area (Å²) in [5.41, 5.74) is 0.687. The van der Waals surface area contributed by atoms with E-state index in [1.54, 1.807) is 0 Å². The van der Waals surface area contributed by atoms with Crippen molar-refractivity contribution in [3.05, 3.63) is 0 Å². The maximum absolute atomic E-state index is 2.86. The Morgan fingerprint density at radius 3 is 0.853 bits per heavy atom. The molecule has 1 atom stereocenters. The van der Waals surface area contributed by atoms with Gasteiger partial charge in [-0.3, -0.25) is 0 Å². The smallest absolute Gasteiger partial charge is 0.0297 e. The third kappa shape index (κ3) is 24.6. The Hall–Kier alpha value is 0.910. The molecule has 2 heteroatoms. The summed E-state index contributed by atoms with van der Waals surface area (Å²) >= 11 is 0. The predicted molar refractivity (Wildman–Crippen MR) is 169 cm³/mol. The molecule has 1 unspecified atom stereocenters. The first kappa shape index (κ1) is 37.1. The van der Waals surface area contributed by atoms with Gasteiger partial charge in [0.05, 0.1) is 0 Å². The van der Waals surface area contributed by atoms with Gasteiger partial charge in [0, 0.05) is 0 Å². The molecule has 0 saturated carbocycles. The quantitative estimate of drug-likeness (QED) is 0.0656. The van der Waals surface area contributed by atoms with Crippen molar-refractivity contribution in [2.24, 2.45) is 5.41 Å². The maximum atomic E-state index is 2.86. The molecule has 0 aliphatic rings. The second kappa shape index (κ2) is 30.1. The monoisotopic (exact) mass is 562 g/mol. The highest BCUT2D eigenvalue weighted by molar-refractivity contribution is 8.93. The fourth-order valence-corrected chi connectivity index (χ4v) is 6.05. The summed E-state index contributed by atoms with van der Waals surface area (Å²) in [4.78, 5) is 0. The van der Waals surface area contributed by atoms with E-state index in [2.05, 4.69) is 30.0 Å². The molecule has 208 valence electrons. The van der Waals surface area contributed by atoms with Crippen LogP contribution in [0.15, 0.2) is 0 Å². The van der Waals surface area contributed by atoms with Crippen molar-refractivity contribution < 1.29 is 0 Å². The van der Waals surface area contributed by atoms with Gasteiger partial charge in [0.2, 0.25) is 0 Å². The fraction of sp³-hybridized carbons (Fsp3) is 1.00. The van der Waals surface area contributed by atoms with E-state index in [9.17, 15) is 0 Å². The van der Waals surface area contributed by atoms with Crippen LogP contribution in [0, 0.1) is 5.41 Å². The highest BCUT2D eigenvalue weighted by atomic mass is 79.9. The van der Waals surface area contributed by atoms with Gasteiger partial charge in [0.15, 0.2) is 0 Å². The van der Waals surface area contributed by atoms with Crippen molar-refractivity contribution in [3.8, 4) is 0 Å². The minimum Gasteiger partial charge on any atom is -0.138 e. The summed E-state index contributed by atoms with van der Waals surface area (Å²) in [5.74, 6) is 0. The van der Waals surface area contributed by atoms with Crippen molar-refractivity contribution >= 4 is 26.2 Å². The summed E-state index contributed by atoms with van der Waals surface area (Å²) < 4.78 is 0. The molecule has 0 aromatic rings. The van der Waals surface area contributed by atoms with Crippen molar-refractivity contribution in [1.29, 1.82) is 0 Å². The van der Waals surface area contributed by atoms with E-state index in [4.69, 9.17) is 0 Å². The molecule has 0 spiro atoms. The number of unbranched alkanes of at least 4 members (excludes halogenated alkanes) is 19. The Bertz CT molecular complexity index is 326. The molecule has 0 amide bonds. The van der Waals surface area contributed by atoms with Crippen LogP contribution in [-0.4, -0.2) is 6.16 Å². The molecule has 0 aromatic heterocycles. The largest absolute Gasteiger partial charge is 0.138 e. The van der Waals surface area contributed by atoms with Crippen LogP contribution in [0.2, 0.25) is 0 Å². The first-order valence-corrected chi connectivity index (χ1v) is 16.8. The van der Waals surface area contributed by atoms with E-state index >= 15 is 0 Å². The molecule has 0 rings (SSSR count). The topological polar surface area (TPSA) is 0 Å². The van der Waals surface area contributed by atoms with Crippen LogP contribution in [0.25, 0.3) is 0 Å². The average molecular weight is 564 g/mol. The van der Waals surface area contributed by atoms with Crippen molar-refractivity contribution in [3.63, 3.8) is 0 Å². The number of halogens is 1. The molecule has 0 saturated heterocycles. The number of rotatable bonds is 28. The highest BCUT2D eigenvalue weighted by Gasteiger charge is 2.28. The molecule has 0 bridgehead atoms. The maximum Gasteiger partial charge on any atom is -0.0297 e. The van der Waals surface area contributed by atoms with E-state index in [-0.39, 0.29) is 17.0 Å². The first-order chi connectivity index (χ1) is 16.2. The molecule has 34 heavy (non-hydrogen) atoms. The second-order valence-electron chi connectivity index (χ2n) is 11.4. The van der Waals surface area contributed by atoms with Gasteiger partial charge in [-0.15, -0.1) is 26.2 Å². The lowest BCUT2D eigenvalue weighted by Gasteiger charge is -2.35. The van der Waals surface area contributed by atoms with Crippen LogP contribution in [0.4, 0.5) is 0 Å². The van der Waals surface area contributed by atoms with E-state index in [1.165, 1.54) is 180 Å². The lowest BCUT2D eigenvalue weighted by molar-refractivity contribution is 0.172. The lowest BCUT2D eigenvalue weighted by Crippen LogP contribution is -2.21. The first-order valence-electron chi connectivity index (χ1n) is 15.9. The van der Waals surface area contributed by atoms with E-state index in [0.717, 1.165) is 0 Å². The van der Waals surface area contributed by atoms with Crippen LogP contribution in [0.1, 0.15) is 194 Å². The molecular formula is C32H68BrP. The van der Waals surface area contributed by atoms with Crippen LogP contribution < -0.4 is 0 Å². The summed E-state index contributed by atoms with van der Waals surface area (Å²) in [6.45, 7) is 7.07. The molecule has 0 aromatic carbocycles. The lowest BCUT2D eigenvalue weighted by atomic mass is 9.70. The fourth-order valence-electron chi connectivity index (χ4n) is 5.77. The Morgan fingerprint density at radius 1 is 0.353 bits per heavy atom. The van der Waals surface area contributed by atoms with E-state index < -0.39 is 0 Å². The van der Waals surface area contributed by atoms with Gasteiger partial charge in [-0.25, -0.2) is 0 Å². The zero-order valence-corrected chi connectivity index (χ0v) is 27.2. The normalized spacial score (nSPS) is 11.6. The van der Waals surface area contributed by atoms with Crippen LogP contribution in [0.3, 0.4) is 0 Å². The summed E-state index contributed by atoms with van der Waals surface area (Å²) in [6.07, 6.45) is 41.0. The van der Waals surface area contributed by atoms with Gasteiger partial charge in [-0.1, -0.05) is 162 Å².